The van der Waals surface area contributed by atoms with E-state index in [-0.39, 0.29) is 11.8 Å². The summed E-state index contributed by atoms with van der Waals surface area (Å²) in [6, 6.07) is 12.0. The van der Waals surface area contributed by atoms with E-state index in [2.05, 4.69) is 15.2 Å². The molecule has 2 fully saturated rings. The summed E-state index contributed by atoms with van der Waals surface area (Å²) in [6.07, 6.45) is 5.00. The molecule has 0 unspecified atom stereocenters. The largest absolute Gasteiger partial charge is 0.398 e. The number of thiophene rings is 1. The first-order valence-electron chi connectivity index (χ1n) is 12.3. The number of aliphatic imine (C=N–C) groups is 1. The number of ether oxygens (including phenoxy) is 2. The van der Waals surface area contributed by atoms with E-state index in [9.17, 15) is 4.79 Å². The van der Waals surface area contributed by atoms with Gasteiger partial charge in [-0.25, -0.2) is 9.98 Å². The number of pyridine rings is 1. The van der Waals surface area contributed by atoms with Gasteiger partial charge in [-0.15, -0.1) is 11.3 Å². The fourth-order valence-corrected chi connectivity index (χ4v) is 5.50. The van der Waals surface area contributed by atoms with E-state index in [1.165, 1.54) is 0 Å². The number of allylic oxidation sites excluding steroid dienone is 1. The number of rotatable bonds is 6. The Labute approximate surface area is 214 Å². The minimum absolute atomic E-state index is 0.0126. The Bertz CT molecular complexity index is 1290. The molecular formula is C27H31N5O3S. The first kappa shape index (κ1) is 24.4. The molecule has 0 atom stereocenters. The molecule has 5 rings (SSSR count). The molecule has 3 N–H and O–H groups in total. The monoisotopic (exact) mass is 505 g/mol. The van der Waals surface area contributed by atoms with Gasteiger partial charge in [-0.2, -0.15) is 0 Å². The summed E-state index contributed by atoms with van der Waals surface area (Å²) in [5.41, 5.74) is 10.9. The van der Waals surface area contributed by atoms with E-state index >= 15 is 0 Å². The van der Waals surface area contributed by atoms with Crippen LogP contribution >= 0.6 is 11.3 Å². The van der Waals surface area contributed by atoms with E-state index in [1.54, 1.807) is 23.6 Å². The average molecular weight is 506 g/mol. The van der Waals surface area contributed by atoms with Crippen molar-refractivity contribution in [2.45, 2.75) is 19.8 Å². The lowest BCUT2D eigenvalue weighted by Gasteiger charge is -2.29. The quantitative estimate of drug-likeness (QED) is 0.478. The Morgan fingerprint density at radius 1 is 1.17 bits per heavy atom. The molecule has 3 aromatic rings. The minimum Gasteiger partial charge on any atom is -0.398 e. The SMILES string of the molecule is Cc1cccc(/C(N)=C/C=Nc2cc(N3CCOCC3)c3sc(NC(=O)C4CCOCC4)cc3n2)c1. The summed E-state index contributed by atoms with van der Waals surface area (Å²) >= 11 is 1.55. The number of benzene rings is 1. The second-order valence-electron chi connectivity index (χ2n) is 9.07. The summed E-state index contributed by atoms with van der Waals surface area (Å²) in [5.74, 6) is 0.631. The van der Waals surface area contributed by atoms with Crippen LogP contribution in [0.2, 0.25) is 0 Å². The van der Waals surface area contributed by atoms with Crippen molar-refractivity contribution in [1.82, 2.24) is 4.98 Å². The van der Waals surface area contributed by atoms with Crippen molar-refractivity contribution in [2.24, 2.45) is 16.6 Å². The summed E-state index contributed by atoms with van der Waals surface area (Å²) in [7, 11) is 0. The molecule has 36 heavy (non-hydrogen) atoms. The lowest BCUT2D eigenvalue weighted by atomic mass is 10.00. The topological polar surface area (TPSA) is 102 Å². The van der Waals surface area contributed by atoms with E-state index in [0.29, 0.717) is 37.9 Å². The zero-order valence-corrected chi connectivity index (χ0v) is 21.2. The molecule has 8 nitrogen and oxygen atoms in total. The van der Waals surface area contributed by atoms with Crippen molar-refractivity contribution in [1.29, 1.82) is 0 Å². The van der Waals surface area contributed by atoms with Crippen LogP contribution in [0.4, 0.5) is 16.5 Å². The number of nitrogens with two attached hydrogens (primary N) is 1. The van der Waals surface area contributed by atoms with Crippen molar-refractivity contribution in [3.8, 4) is 0 Å². The number of hydrogen-bond acceptors (Lipinski definition) is 8. The van der Waals surface area contributed by atoms with Gasteiger partial charge < -0.3 is 25.4 Å². The van der Waals surface area contributed by atoms with E-state index in [0.717, 1.165) is 58.0 Å². The van der Waals surface area contributed by atoms with Gasteiger partial charge in [0.1, 0.15) is 0 Å². The molecule has 1 amide bonds. The number of nitrogens with zero attached hydrogens (tertiary/aromatic N) is 3. The van der Waals surface area contributed by atoms with Crippen molar-refractivity contribution in [3.05, 3.63) is 53.6 Å². The second-order valence-corrected chi connectivity index (χ2v) is 10.1. The molecule has 188 valence electrons. The highest BCUT2D eigenvalue weighted by Gasteiger charge is 2.23. The number of carbonyl (C=O) groups excluding carboxylic acids is 1. The number of aromatic nitrogens is 1. The van der Waals surface area contributed by atoms with E-state index < -0.39 is 0 Å². The number of nitrogens with one attached hydrogen (secondary N) is 1. The van der Waals surface area contributed by atoms with Crippen molar-refractivity contribution in [2.75, 3.05) is 49.7 Å². The highest BCUT2D eigenvalue weighted by Crippen LogP contribution is 2.39. The Hall–Kier alpha value is -3.27. The van der Waals surface area contributed by atoms with Crippen molar-refractivity contribution < 1.29 is 14.3 Å². The minimum atomic E-state index is -0.0126. The number of amides is 1. The zero-order valence-electron chi connectivity index (χ0n) is 20.4. The first-order chi connectivity index (χ1) is 17.6. The fourth-order valence-electron chi connectivity index (χ4n) is 4.46. The van der Waals surface area contributed by atoms with Crippen molar-refractivity contribution in [3.63, 3.8) is 0 Å². The number of aryl methyl sites for hydroxylation is 1. The predicted octanol–water partition coefficient (Wildman–Crippen LogP) is 4.51. The molecule has 2 aliphatic heterocycles. The lowest BCUT2D eigenvalue weighted by molar-refractivity contribution is -0.122. The van der Waals surface area contributed by atoms with Crippen LogP contribution in [0.25, 0.3) is 15.9 Å². The number of hydrogen-bond donors (Lipinski definition) is 2. The van der Waals surface area contributed by atoms with Gasteiger partial charge in [0.2, 0.25) is 5.91 Å². The molecule has 2 saturated heterocycles. The van der Waals surface area contributed by atoms with Gasteiger partial charge in [0.05, 0.1) is 34.1 Å². The Morgan fingerprint density at radius 3 is 2.72 bits per heavy atom. The lowest BCUT2D eigenvalue weighted by Crippen LogP contribution is -2.36. The summed E-state index contributed by atoms with van der Waals surface area (Å²) < 4.78 is 12.0. The molecule has 0 bridgehead atoms. The summed E-state index contributed by atoms with van der Waals surface area (Å²) in [4.78, 5) is 24.5. The molecule has 0 spiro atoms. The van der Waals surface area contributed by atoms with Crippen molar-refractivity contribution >= 4 is 55.9 Å². The van der Waals surface area contributed by atoms with Gasteiger partial charge in [-0.1, -0.05) is 23.8 Å². The van der Waals surface area contributed by atoms with Crippen LogP contribution in [0.5, 0.6) is 0 Å². The van der Waals surface area contributed by atoms with Gasteiger partial charge in [0, 0.05) is 50.2 Å². The van der Waals surface area contributed by atoms with Gasteiger partial charge in [0.25, 0.3) is 0 Å². The highest BCUT2D eigenvalue weighted by molar-refractivity contribution is 7.23. The standard InChI is InChI=1S/C27H31N5O3S/c1-18-3-2-4-20(15-18)21(28)5-8-29-24-17-23(32-9-13-35-14-10-32)26-22(30-24)16-25(36-26)31-27(33)19-6-11-34-12-7-19/h2-5,8,15-17,19H,6-7,9-14,28H2,1H3,(H,31,33)/b21-5-,29-8?. The van der Waals surface area contributed by atoms with Crippen LogP contribution in [0, 0.1) is 12.8 Å². The molecule has 0 saturated carbocycles. The molecule has 4 heterocycles. The molecule has 9 heteroatoms. The average Bonchev–Trinajstić information content (AvgIpc) is 3.31. The van der Waals surface area contributed by atoms with Gasteiger partial charge in [-0.3, -0.25) is 4.79 Å². The summed E-state index contributed by atoms with van der Waals surface area (Å²) in [5, 5.41) is 3.91. The Kier molecular flexibility index (Phi) is 7.60. The molecule has 2 aliphatic rings. The fraction of sp³-hybridized carbons (Fsp3) is 0.370. The third-order valence-corrected chi connectivity index (χ3v) is 7.51. The number of morpholine rings is 1. The number of carbonyl (C=O) groups is 1. The molecule has 2 aromatic heterocycles. The maximum absolute atomic E-state index is 12.8. The molecule has 1 aromatic carbocycles. The van der Waals surface area contributed by atoms with Crippen LogP contribution in [0.3, 0.4) is 0 Å². The Morgan fingerprint density at radius 2 is 1.94 bits per heavy atom. The van der Waals surface area contributed by atoms with Crippen LogP contribution in [0.1, 0.15) is 24.0 Å². The molecule has 0 radical (unpaired) electrons. The zero-order chi connectivity index (χ0) is 24.9. The maximum Gasteiger partial charge on any atom is 0.228 e. The van der Waals surface area contributed by atoms with Gasteiger partial charge in [0.15, 0.2) is 5.82 Å². The number of fused-ring (bicyclic) bond motifs is 1. The van der Waals surface area contributed by atoms with Crippen LogP contribution < -0.4 is 16.0 Å². The van der Waals surface area contributed by atoms with Gasteiger partial charge in [-0.05, 0) is 43.5 Å². The molecule has 0 aliphatic carbocycles. The van der Waals surface area contributed by atoms with Crippen LogP contribution in [0.15, 0.2) is 47.5 Å². The van der Waals surface area contributed by atoms with Crippen LogP contribution in [-0.2, 0) is 14.3 Å². The third-order valence-electron chi connectivity index (χ3n) is 6.45. The first-order valence-corrected chi connectivity index (χ1v) is 13.1. The maximum atomic E-state index is 12.8. The Balaban J connectivity index is 1.42. The predicted molar refractivity (Wildman–Crippen MR) is 146 cm³/mol. The van der Waals surface area contributed by atoms with Crippen LogP contribution in [-0.4, -0.2) is 56.6 Å². The van der Waals surface area contributed by atoms with E-state index in [1.807, 2.05) is 43.3 Å². The van der Waals surface area contributed by atoms with Gasteiger partial charge >= 0.3 is 0 Å². The third kappa shape index (κ3) is 5.75. The highest BCUT2D eigenvalue weighted by atomic mass is 32.1. The second kappa shape index (κ2) is 11.2. The normalized spacial score (nSPS) is 17.7. The summed E-state index contributed by atoms with van der Waals surface area (Å²) in [6.45, 7) is 6.26. The number of anilines is 2. The molecular weight excluding hydrogens is 474 g/mol. The van der Waals surface area contributed by atoms with E-state index in [4.69, 9.17) is 20.2 Å². The smallest absolute Gasteiger partial charge is 0.228 e.